The second-order valence-electron chi connectivity index (χ2n) is 1.96. The standard InChI is InChI=1S/C8H6S/c1-3-7-4-2-6-9-8(7)5-1/h1-6H. The molecule has 1 aliphatic heterocycles. The SMILES string of the molecule is c1csc2cccc-2c1. The minimum absolute atomic E-state index is 1.35. The maximum atomic E-state index is 2.14. The third-order valence-electron chi connectivity index (χ3n) is 1.36. The van der Waals surface area contributed by atoms with Gasteiger partial charge in [0.1, 0.15) is 0 Å². The molecule has 1 aliphatic carbocycles. The van der Waals surface area contributed by atoms with Gasteiger partial charge in [0.25, 0.3) is 0 Å². The van der Waals surface area contributed by atoms with E-state index in [0.717, 1.165) is 0 Å². The summed E-state index contributed by atoms with van der Waals surface area (Å²) in [4.78, 5) is 1.37. The molecule has 0 atom stereocenters. The smallest absolute Gasteiger partial charge is 0.0342 e. The highest BCUT2D eigenvalue weighted by atomic mass is 32.1. The lowest BCUT2D eigenvalue weighted by atomic mass is 10.3. The van der Waals surface area contributed by atoms with E-state index in [9.17, 15) is 0 Å². The van der Waals surface area contributed by atoms with Gasteiger partial charge in [0.15, 0.2) is 0 Å². The van der Waals surface area contributed by atoms with Crippen LogP contribution >= 0.6 is 11.3 Å². The van der Waals surface area contributed by atoms with Crippen molar-refractivity contribution in [1.82, 2.24) is 0 Å². The molecule has 2 aliphatic rings. The van der Waals surface area contributed by atoms with Gasteiger partial charge >= 0.3 is 0 Å². The van der Waals surface area contributed by atoms with E-state index in [1.807, 2.05) is 0 Å². The molecule has 0 bridgehead atoms. The Morgan fingerprint density at radius 2 is 1.89 bits per heavy atom. The van der Waals surface area contributed by atoms with Gasteiger partial charge in [-0.3, -0.25) is 0 Å². The minimum Gasteiger partial charge on any atom is -0.144 e. The van der Waals surface area contributed by atoms with Crippen LogP contribution in [-0.2, 0) is 0 Å². The van der Waals surface area contributed by atoms with Gasteiger partial charge in [0.2, 0.25) is 0 Å². The Labute approximate surface area is 58.1 Å². The Balaban J connectivity index is 2.79. The molecule has 0 radical (unpaired) electrons. The molecule has 0 saturated heterocycles. The van der Waals surface area contributed by atoms with Crippen LogP contribution in [0.2, 0.25) is 0 Å². The molecule has 0 nitrogen and oxygen atoms in total. The topological polar surface area (TPSA) is 0 Å². The van der Waals surface area contributed by atoms with Crippen molar-refractivity contribution in [2.75, 3.05) is 0 Å². The van der Waals surface area contributed by atoms with Gasteiger partial charge in [-0.05, 0) is 17.0 Å². The molecule has 0 spiro atoms. The van der Waals surface area contributed by atoms with E-state index in [4.69, 9.17) is 0 Å². The molecule has 1 heterocycles. The van der Waals surface area contributed by atoms with Crippen LogP contribution in [0.25, 0.3) is 10.4 Å². The van der Waals surface area contributed by atoms with Crippen LogP contribution in [-0.4, -0.2) is 0 Å². The lowest BCUT2D eigenvalue weighted by Crippen LogP contribution is -1.62. The van der Waals surface area contributed by atoms with E-state index >= 15 is 0 Å². The quantitative estimate of drug-likeness (QED) is 0.519. The van der Waals surface area contributed by atoms with Gasteiger partial charge in [-0.15, -0.1) is 11.3 Å². The number of hydrogen-bond acceptors (Lipinski definition) is 1. The average Bonchev–Trinajstić information content (AvgIpc) is 2.33. The highest BCUT2D eigenvalue weighted by Gasteiger charge is 1.96. The summed E-state index contributed by atoms with van der Waals surface area (Å²) in [7, 11) is 0. The predicted octanol–water partition coefficient (Wildman–Crippen LogP) is 2.85. The zero-order valence-electron chi connectivity index (χ0n) is 4.87. The van der Waals surface area contributed by atoms with Crippen LogP contribution < -0.4 is 0 Å². The zero-order valence-corrected chi connectivity index (χ0v) is 5.69. The summed E-state index contributed by atoms with van der Waals surface area (Å²) in [6.45, 7) is 0. The minimum atomic E-state index is 1.35. The fraction of sp³-hybridized carbons (Fsp3) is 0. The number of fused-ring (bicyclic) bond motifs is 1. The number of rotatable bonds is 0. The van der Waals surface area contributed by atoms with Crippen LogP contribution in [0.4, 0.5) is 0 Å². The van der Waals surface area contributed by atoms with Crippen LogP contribution in [0.5, 0.6) is 0 Å². The maximum absolute atomic E-state index is 2.14. The first-order valence-electron chi connectivity index (χ1n) is 2.89. The lowest BCUT2D eigenvalue weighted by Gasteiger charge is -1.91. The Bertz CT molecular complexity index is 245. The summed E-state index contributed by atoms with van der Waals surface area (Å²) in [5.41, 5.74) is 1.35. The molecule has 0 amide bonds. The predicted molar refractivity (Wildman–Crippen MR) is 40.9 cm³/mol. The van der Waals surface area contributed by atoms with Gasteiger partial charge in [-0.25, -0.2) is 0 Å². The van der Waals surface area contributed by atoms with Crippen LogP contribution in [0.15, 0.2) is 35.7 Å². The largest absolute Gasteiger partial charge is 0.144 e. The molecule has 0 fully saturated rings. The first-order chi connectivity index (χ1) is 4.47. The molecular formula is C8H6S. The highest BCUT2D eigenvalue weighted by molar-refractivity contribution is 7.13. The molecule has 9 heavy (non-hydrogen) atoms. The maximum Gasteiger partial charge on any atom is 0.0342 e. The van der Waals surface area contributed by atoms with E-state index < -0.39 is 0 Å². The summed E-state index contributed by atoms with van der Waals surface area (Å²) < 4.78 is 0. The van der Waals surface area contributed by atoms with Crippen LogP contribution in [0.1, 0.15) is 0 Å². The molecule has 44 valence electrons. The van der Waals surface area contributed by atoms with Crippen molar-refractivity contribution in [3.05, 3.63) is 35.7 Å². The second-order valence-corrected chi connectivity index (χ2v) is 2.91. The highest BCUT2D eigenvalue weighted by Crippen LogP contribution is 2.25. The Kier molecular flexibility index (Phi) is 1.03. The number of hydrogen-bond donors (Lipinski definition) is 0. The molecule has 0 unspecified atom stereocenters. The van der Waals surface area contributed by atoms with Crippen LogP contribution in [0.3, 0.4) is 0 Å². The second kappa shape index (κ2) is 1.85. The third-order valence-corrected chi connectivity index (χ3v) is 2.28. The van der Waals surface area contributed by atoms with E-state index in [1.165, 1.54) is 10.4 Å². The van der Waals surface area contributed by atoms with E-state index in [-0.39, 0.29) is 0 Å². The fourth-order valence-electron chi connectivity index (χ4n) is 0.918. The fourth-order valence-corrected chi connectivity index (χ4v) is 1.65. The molecule has 0 aromatic rings. The molecule has 2 rings (SSSR count). The first kappa shape index (κ1) is 5.00. The Morgan fingerprint density at radius 1 is 1.00 bits per heavy atom. The van der Waals surface area contributed by atoms with Gasteiger partial charge in [0, 0.05) is 4.88 Å². The molecule has 0 aromatic carbocycles. The summed E-state index contributed by atoms with van der Waals surface area (Å²) in [5, 5.41) is 2.10. The summed E-state index contributed by atoms with van der Waals surface area (Å²) in [6.07, 6.45) is 0. The van der Waals surface area contributed by atoms with Crippen molar-refractivity contribution in [1.29, 1.82) is 0 Å². The van der Waals surface area contributed by atoms with Crippen molar-refractivity contribution in [3.63, 3.8) is 0 Å². The summed E-state index contributed by atoms with van der Waals surface area (Å²) >= 11 is 1.78. The molecule has 0 aromatic heterocycles. The third kappa shape index (κ3) is 0.736. The molecular weight excluding hydrogens is 128 g/mol. The van der Waals surface area contributed by atoms with E-state index in [2.05, 4.69) is 35.7 Å². The van der Waals surface area contributed by atoms with Gasteiger partial charge in [-0.2, -0.15) is 0 Å². The van der Waals surface area contributed by atoms with E-state index in [0.29, 0.717) is 0 Å². The zero-order chi connectivity index (χ0) is 6.10. The summed E-state index contributed by atoms with van der Waals surface area (Å²) in [6, 6.07) is 10.6. The van der Waals surface area contributed by atoms with Crippen LogP contribution in [0, 0.1) is 0 Å². The Morgan fingerprint density at radius 3 is 2.78 bits per heavy atom. The Hall–Kier alpha value is -0.820. The summed E-state index contributed by atoms with van der Waals surface area (Å²) in [5.74, 6) is 0. The average molecular weight is 134 g/mol. The van der Waals surface area contributed by atoms with Crippen molar-refractivity contribution >= 4 is 11.3 Å². The van der Waals surface area contributed by atoms with Gasteiger partial charge < -0.3 is 0 Å². The van der Waals surface area contributed by atoms with Crippen molar-refractivity contribution < 1.29 is 0 Å². The molecule has 1 heteroatoms. The van der Waals surface area contributed by atoms with Crippen molar-refractivity contribution in [3.8, 4) is 10.4 Å². The molecule has 0 saturated carbocycles. The molecule has 0 N–H and O–H groups in total. The van der Waals surface area contributed by atoms with E-state index in [1.54, 1.807) is 11.3 Å². The van der Waals surface area contributed by atoms with Crippen molar-refractivity contribution in [2.24, 2.45) is 0 Å². The normalized spacial score (nSPS) is 10.2. The van der Waals surface area contributed by atoms with Crippen molar-refractivity contribution in [2.45, 2.75) is 0 Å². The lowest BCUT2D eigenvalue weighted by molar-refractivity contribution is 1.85. The monoisotopic (exact) mass is 134 g/mol. The first-order valence-corrected chi connectivity index (χ1v) is 3.77. The van der Waals surface area contributed by atoms with Gasteiger partial charge in [-0.1, -0.05) is 24.3 Å². The van der Waals surface area contributed by atoms with Gasteiger partial charge in [0.05, 0.1) is 0 Å².